The Bertz CT molecular complexity index is 2000. The third-order valence-corrected chi connectivity index (χ3v) is 8.38. The van der Waals surface area contributed by atoms with E-state index >= 15 is 0 Å². The molecule has 2 aromatic heterocycles. The van der Waals surface area contributed by atoms with E-state index < -0.39 is 12.0 Å². The van der Waals surface area contributed by atoms with Crippen molar-refractivity contribution in [3.05, 3.63) is 107 Å². The summed E-state index contributed by atoms with van der Waals surface area (Å²) in [5, 5.41) is 2.85. The van der Waals surface area contributed by atoms with Gasteiger partial charge in [0.2, 0.25) is 0 Å². The monoisotopic (exact) mass is 601 g/mol. The third kappa shape index (κ3) is 4.22. The Morgan fingerprint density at radius 3 is 2.79 bits per heavy atom. The fraction of sp³-hybridized carbons (Fsp3) is 0.167. The number of carbonyl (C=O) groups is 1. The first-order chi connectivity index (χ1) is 18.9. The van der Waals surface area contributed by atoms with E-state index in [1.54, 1.807) is 25.5 Å². The van der Waals surface area contributed by atoms with E-state index in [4.69, 9.17) is 14.5 Å². The molecule has 0 fully saturated rings. The van der Waals surface area contributed by atoms with Crippen molar-refractivity contribution >= 4 is 61.0 Å². The topological polar surface area (TPSA) is 85.7 Å². The molecule has 1 N–H and O–H groups in total. The van der Waals surface area contributed by atoms with E-state index in [0.29, 0.717) is 26.4 Å². The summed E-state index contributed by atoms with van der Waals surface area (Å²) in [6.07, 6.45) is 3.76. The van der Waals surface area contributed by atoms with E-state index in [1.807, 2.05) is 66.9 Å². The van der Waals surface area contributed by atoms with Gasteiger partial charge in [-0.3, -0.25) is 9.36 Å². The molecular formula is C30H24BrN3O4S. The number of esters is 1. The number of hydrogen-bond donors (Lipinski definition) is 1. The Morgan fingerprint density at radius 1 is 1.18 bits per heavy atom. The standard InChI is InChI=1S/C30H24BrN3O4S/c1-4-38-29(36)25-16(2)33-30-34(27(25)26-20-8-6-5-7-17(20)9-12-23(26)37-3)28(35)24(39-30)13-18-15-32-22-11-10-19(31)14-21(18)22/h5-15,27,32H,4H2,1-3H3/b24-13-/t27-/m0/s1. The lowest BCUT2D eigenvalue weighted by atomic mass is 9.90. The quantitative estimate of drug-likeness (QED) is 0.280. The van der Waals surface area contributed by atoms with Gasteiger partial charge in [-0.25, -0.2) is 9.79 Å². The highest BCUT2D eigenvalue weighted by Gasteiger charge is 2.36. The number of aromatic amines is 1. The summed E-state index contributed by atoms with van der Waals surface area (Å²) < 4.78 is 14.3. The summed E-state index contributed by atoms with van der Waals surface area (Å²) >= 11 is 4.83. The maximum absolute atomic E-state index is 14.1. The van der Waals surface area contributed by atoms with Crippen molar-refractivity contribution in [3.8, 4) is 5.75 Å². The molecule has 9 heteroatoms. The van der Waals surface area contributed by atoms with Crippen LogP contribution in [0.5, 0.6) is 5.75 Å². The summed E-state index contributed by atoms with van der Waals surface area (Å²) in [4.78, 5) is 36.0. The number of methoxy groups -OCH3 is 1. The Balaban J connectivity index is 1.66. The van der Waals surface area contributed by atoms with Gasteiger partial charge in [0.05, 0.1) is 29.5 Å². The van der Waals surface area contributed by atoms with Gasteiger partial charge in [-0.15, -0.1) is 0 Å². The highest BCUT2D eigenvalue weighted by atomic mass is 79.9. The van der Waals surface area contributed by atoms with Crippen LogP contribution in [0.1, 0.15) is 31.0 Å². The number of rotatable bonds is 5. The summed E-state index contributed by atoms with van der Waals surface area (Å²) in [6, 6.07) is 16.9. The number of allylic oxidation sites excluding steroid dienone is 1. The van der Waals surface area contributed by atoms with Gasteiger partial charge in [0, 0.05) is 32.7 Å². The number of benzene rings is 3. The van der Waals surface area contributed by atoms with E-state index in [2.05, 4.69) is 20.9 Å². The van der Waals surface area contributed by atoms with Gasteiger partial charge >= 0.3 is 5.97 Å². The number of nitrogens with one attached hydrogen (secondary N) is 1. The Hall–Kier alpha value is -3.95. The molecule has 1 atom stereocenters. The van der Waals surface area contributed by atoms with Gasteiger partial charge in [0.15, 0.2) is 4.80 Å². The van der Waals surface area contributed by atoms with Gasteiger partial charge in [-0.1, -0.05) is 57.6 Å². The normalized spacial score (nSPS) is 15.5. The molecule has 196 valence electrons. The van der Waals surface area contributed by atoms with Crippen LogP contribution in [-0.4, -0.2) is 29.2 Å². The number of aromatic nitrogens is 2. The summed E-state index contributed by atoms with van der Waals surface area (Å²) in [6.45, 7) is 3.75. The summed E-state index contributed by atoms with van der Waals surface area (Å²) in [5.41, 5.74) is 3.17. The summed E-state index contributed by atoms with van der Waals surface area (Å²) in [7, 11) is 1.59. The zero-order valence-corrected chi connectivity index (χ0v) is 23.9. The first-order valence-corrected chi connectivity index (χ1v) is 14.0. The average Bonchev–Trinajstić information content (AvgIpc) is 3.47. The van der Waals surface area contributed by atoms with Gasteiger partial charge in [-0.05, 0) is 55.0 Å². The van der Waals surface area contributed by atoms with Crippen molar-refractivity contribution in [1.82, 2.24) is 9.55 Å². The fourth-order valence-corrected chi connectivity index (χ4v) is 6.57. The number of thiazole rings is 1. The molecule has 0 bridgehead atoms. The van der Waals surface area contributed by atoms with E-state index in [-0.39, 0.29) is 12.2 Å². The van der Waals surface area contributed by atoms with Crippen molar-refractivity contribution < 1.29 is 14.3 Å². The number of ether oxygens (including phenoxy) is 2. The number of carbonyl (C=O) groups excluding carboxylic acids is 1. The molecule has 0 amide bonds. The second-order valence-electron chi connectivity index (χ2n) is 9.14. The van der Waals surface area contributed by atoms with Crippen LogP contribution in [0.25, 0.3) is 27.8 Å². The molecule has 0 unspecified atom stereocenters. The van der Waals surface area contributed by atoms with Crippen LogP contribution < -0.4 is 19.6 Å². The molecule has 0 spiro atoms. The number of halogens is 1. The second-order valence-corrected chi connectivity index (χ2v) is 11.1. The van der Waals surface area contributed by atoms with Crippen molar-refractivity contribution in [2.24, 2.45) is 4.99 Å². The lowest BCUT2D eigenvalue weighted by molar-refractivity contribution is -0.139. The molecule has 3 heterocycles. The fourth-order valence-electron chi connectivity index (χ4n) is 5.18. The number of H-pyrrole nitrogens is 1. The number of fused-ring (bicyclic) bond motifs is 3. The van der Waals surface area contributed by atoms with Gasteiger partial charge in [-0.2, -0.15) is 0 Å². The van der Waals surface area contributed by atoms with Crippen LogP contribution in [0.15, 0.2) is 86.3 Å². The Labute approximate surface area is 235 Å². The molecule has 6 rings (SSSR count). The first kappa shape index (κ1) is 25.3. The summed E-state index contributed by atoms with van der Waals surface area (Å²) in [5.74, 6) is 0.0701. The molecule has 5 aromatic rings. The van der Waals surface area contributed by atoms with Gasteiger partial charge < -0.3 is 14.5 Å². The van der Waals surface area contributed by atoms with Crippen molar-refractivity contribution in [1.29, 1.82) is 0 Å². The number of hydrogen-bond acceptors (Lipinski definition) is 6. The maximum Gasteiger partial charge on any atom is 0.338 e. The minimum Gasteiger partial charge on any atom is -0.496 e. The minimum absolute atomic E-state index is 0.204. The van der Waals surface area contributed by atoms with Crippen LogP contribution >= 0.6 is 27.3 Å². The SMILES string of the molecule is CCOC(=O)C1=C(C)N=c2s/c(=C\c3c[nH]c4ccc(Br)cc34)c(=O)n2[C@@H]1c1c(OC)ccc2ccccc12. The Morgan fingerprint density at radius 2 is 2.00 bits per heavy atom. The van der Waals surface area contributed by atoms with E-state index in [0.717, 1.165) is 37.3 Å². The predicted octanol–water partition coefficient (Wildman–Crippen LogP) is 5.20. The molecule has 7 nitrogen and oxygen atoms in total. The highest BCUT2D eigenvalue weighted by Crippen LogP contribution is 2.40. The molecule has 0 radical (unpaired) electrons. The molecule has 1 aliphatic rings. The van der Waals surface area contributed by atoms with Crippen LogP contribution in [0.2, 0.25) is 0 Å². The van der Waals surface area contributed by atoms with Crippen LogP contribution in [0.3, 0.4) is 0 Å². The number of nitrogens with zero attached hydrogens (tertiary/aromatic N) is 2. The van der Waals surface area contributed by atoms with Gasteiger partial charge in [0.1, 0.15) is 11.8 Å². The molecular weight excluding hydrogens is 578 g/mol. The lowest BCUT2D eigenvalue weighted by Crippen LogP contribution is -2.40. The molecule has 3 aromatic carbocycles. The molecule has 0 saturated heterocycles. The maximum atomic E-state index is 14.1. The average molecular weight is 603 g/mol. The Kier molecular flexibility index (Phi) is 6.48. The van der Waals surface area contributed by atoms with E-state index in [9.17, 15) is 9.59 Å². The van der Waals surface area contributed by atoms with Crippen molar-refractivity contribution in [3.63, 3.8) is 0 Å². The first-order valence-electron chi connectivity index (χ1n) is 12.4. The van der Waals surface area contributed by atoms with Gasteiger partial charge in [0.25, 0.3) is 5.56 Å². The van der Waals surface area contributed by atoms with Crippen molar-refractivity contribution in [2.75, 3.05) is 13.7 Å². The zero-order valence-electron chi connectivity index (χ0n) is 21.4. The third-order valence-electron chi connectivity index (χ3n) is 6.90. The zero-order chi connectivity index (χ0) is 27.3. The highest BCUT2D eigenvalue weighted by molar-refractivity contribution is 9.10. The van der Waals surface area contributed by atoms with Crippen LogP contribution in [-0.2, 0) is 9.53 Å². The molecule has 0 saturated carbocycles. The van der Waals surface area contributed by atoms with Crippen LogP contribution in [0, 0.1) is 0 Å². The van der Waals surface area contributed by atoms with Crippen molar-refractivity contribution in [2.45, 2.75) is 19.9 Å². The van der Waals surface area contributed by atoms with Crippen LogP contribution in [0.4, 0.5) is 0 Å². The second kappa shape index (κ2) is 9.98. The van der Waals surface area contributed by atoms with E-state index in [1.165, 1.54) is 11.3 Å². The predicted molar refractivity (Wildman–Crippen MR) is 157 cm³/mol. The molecule has 39 heavy (non-hydrogen) atoms. The largest absolute Gasteiger partial charge is 0.496 e. The lowest BCUT2D eigenvalue weighted by Gasteiger charge is -2.27. The molecule has 0 aliphatic carbocycles. The minimum atomic E-state index is -0.777. The smallest absolute Gasteiger partial charge is 0.338 e. The molecule has 1 aliphatic heterocycles.